The van der Waals surface area contributed by atoms with Crippen LogP contribution in [0.1, 0.15) is 16.1 Å². The smallest absolute Gasteiger partial charge is 0.335 e. The highest BCUT2D eigenvalue weighted by atomic mass is 16.5. The minimum Gasteiger partial charge on any atom is -0.484 e. The van der Waals surface area contributed by atoms with Gasteiger partial charge in [-0.25, -0.2) is 10.2 Å². The predicted octanol–water partition coefficient (Wildman–Crippen LogP) is 2.77. The third-order valence-corrected chi connectivity index (χ3v) is 4.24. The van der Waals surface area contributed by atoms with Crippen LogP contribution < -0.4 is 15.1 Å². The summed E-state index contributed by atoms with van der Waals surface area (Å²) in [5.41, 5.74) is 4.94. The van der Waals surface area contributed by atoms with Gasteiger partial charge in [0.05, 0.1) is 17.5 Å². The summed E-state index contributed by atoms with van der Waals surface area (Å²) >= 11 is 0. The van der Waals surface area contributed by atoms with Gasteiger partial charge in [-0.1, -0.05) is 12.1 Å². The highest BCUT2D eigenvalue weighted by Gasteiger charge is 2.07. The van der Waals surface area contributed by atoms with E-state index in [0.29, 0.717) is 17.1 Å². The lowest BCUT2D eigenvalue weighted by Crippen LogP contribution is -2.24. The van der Waals surface area contributed by atoms with E-state index < -0.39 is 11.9 Å². The molecule has 0 atom stereocenters. The summed E-state index contributed by atoms with van der Waals surface area (Å²) in [7, 11) is 3.85. The number of carbonyl (C=O) groups is 2. The lowest BCUT2D eigenvalue weighted by Gasteiger charge is -2.13. The molecule has 0 saturated heterocycles. The second-order valence-corrected chi connectivity index (χ2v) is 6.63. The number of nitrogens with zero attached hydrogens (tertiary/aromatic N) is 3. The fourth-order valence-electron chi connectivity index (χ4n) is 2.73. The number of anilines is 1. The highest BCUT2D eigenvalue weighted by Crippen LogP contribution is 2.19. The average Bonchev–Trinajstić information content (AvgIpc) is 3.21. The van der Waals surface area contributed by atoms with E-state index in [1.165, 1.54) is 12.3 Å². The molecule has 0 spiro atoms. The Morgan fingerprint density at radius 3 is 2.70 bits per heavy atom. The highest BCUT2D eigenvalue weighted by molar-refractivity contribution is 5.88. The molecule has 2 N–H and O–H groups in total. The zero-order chi connectivity index (χ0) is 21.5. The summed E-state index contributed by atoms with van der Waals surface area (Å²) in [6.45, 7) is -0.171. The first-order valence-corrected chi connectivity index (χ1v) is 9.17. The molecule has 1 aromatic heterocycles. The molecule has 154 valence electrons. The molecular weight excluding hydrogens is 384 g/mol. The van der Waals surface area contributed by atoms with Crippen LogP contribution in [0.2, 0.25) is 0 Å². The molecule has 0 unspecified atom stereocenters. The first-order valence-electron chi connectivity index (χ1n) is 9.17. The summed E-state index contributed by atoms with van der Waals surface area (Å²) in [4.78, 5) is 25.1. The fourth-order valence-corrected chi connectivity index (χ4v) is 2.73. The van der Waals surface area contributed by atoms with E-state index in [9.17, 15) is 9.59 Å². The largest absolute Gasteiger partial charge is 0.484 e. The lowest BCUT2D eigenvalue weighted by molar-refractivity contribution is -0.123. The Morgan fingerprint density at radius 2 is 1.93 bits per heavy atom. The number of carboxylic acids is 1. The Labute approximate surface area is 174 Å². The summed E-state index contributed by atoms with van der Waals surface area (Å²) in [6.07, 6.45) is 3.27. The van der Waals surface area contributed by atoms with Gasteiger partial charge in [0.2, 0.25) is 0 Å². The maximum Gasteiger partial charge on any atom is 0.335 e. The number of carbonyl (C=O) groups excluding carboxylic acids is 1. The van der Waals surface area contributed by atoms with E-state index in [0.717, 1.165) is 5.69 Å². The SMILES string of the molecule is CN(C)c1cccc(OCC(=O)N/N=C/c2cccn2-c2cccc(C(=O)O)c2)c1. The van der Waals surface area contributed by atoms with Crippen LogP contribution in [0.15, 0.2) is 72.0 Å². The Hall–Kier alpha value is -4.07. The number of hydrogen-bond donors (Lipinski definition) is 2. The number of amides is 1. The number of rotatable bonds is 8. The van der Waals surface area contributed by atoms with Crippen molar-refractivity contribution in [1.82, 2.24) is 9.99 Å². The van der Waals surface area contributed by atoms with Gasteiger partial charge in [0.25, 0.3) is 5.91 Å². The van der Waals surface area contributed by atoms with Crippen LogP contribution in [0.4, 0.5) is 5.69 Å². The average molecular weight is 406 g/mol. The zero-order valence-electron chi connectivity index (χ0n) is 16.6. The van der Waals surface area contributed by atoms with Crippen molar-refractivity contribution in [2.45, 2.75) is 0 Å². The normalized spacial score (nSPS) is 10.7. The molecule has 0 aliphatic carbocycles. The van der Waals surface area contributed by atoms with Crippen molar-refractivity contribution in [2.75, 3.05) is 25.6 Å². The fraction of sp³-hybridized carbons (Fsp3) is 0.136. The van der Waals surface area contributed by atoms with Crippen molar-refractivity contribution in [3.8, 4) is 11.4 Å². The molecule has 1 amide bonds. The molecule has 0 fully saturated rings. The van der Waals surface area contributed by atoms with Gasteiger partial charge in [-0.05, 0) is 42.5 Å². The summed E-state index contributed by atoms with van der Waals surface area (Å²) in [5, 5.41) is 13.1. The van der Waals surface area contributed by atoms with Crippen LogP contribution in [0.25, 0.3) is 5.69 Å². The van der Waals surface area contributed by atoms with E-state index in [4.69, 9.17) is 9.84 Å². The van der Waals surface area contributed by atoms with Gasteiger partial charge in [0, 0.05) is 37.7 Å². The van der Waals surface area contributed by atoms with Gasteiger partial charge < -0.3 is 19.3 Å². The van der Waals surface area contributed by atoms with Crippen molar-refractivity contribution in [3.63, 3.8) is 0 Å². The standard InChI is InChI=1S/C22H22N4O4/c1-25(2)17-7-4-10-20(13-17)30-15-21(27)24-23-14-19-9-5-11-26(19)18-8-3-6-16(12-18)22(28)29/h3-14H,15H2,1-2H3,(H,24,27)(H,28,29)/b23-14+. The molecule has 2 aromatic carbocycles. The Bertz CT molecular complexity index is 1070. The Morgan fingerprint density at radius 1 is 1.13 bits per heavy atom. The van der Waals surface area contributed by atoms with Gasteiger partial charge in [-0.15, -0.1) is 0 Å². The maximum absolute atomic E-state index is 12.0. The van der Waals surface area contributed by atoms with Crippen LogP contribution in [0.5, 0.6) is 5.75 Å². The minimum atomic E-state index is -0.998. The van der Waals surface area contributed by atoms with Crippen molar-refractivity contribution < 1.29 is 19.4 Å². The number of aromatic carboxylic acids is 1. The number of benzene rings is 2. The maximum atomic E-state index is 12.0. The van der Waals surface area contributed by atoms with Crippen LogP contribution in [-0.2, 0) is 4.79 Å². The molecule has 8 heteroatoms. The van der Waals surface area contributed by atoms with E-state index in [2.05, 4.69) is 10.5 Å². The number of carboxylic acid groups (broad SMARTS) is 1. The summed E-state index contributed by atoms with van der Waals surface area (Å²) in [5.74, 6) is -0.803. The number of nitrogens with one attached hydrogen (secondary N) is 1. The Balaban J connectivity index is 1.59. The molecule has 3 aromatic rings. The van der Waals surface area contributed by atoms with Crippen molar-refractivity contribution >= 4 is 23.8 Å². The molecule has 0 radical (unpaired) electrons. The van der Waals surface area contributed by atoms with Gasteiger partial charge in [0.1, 0.15) is 5.75 Å². The van der Waals surface area contributed by atoms with E-state index in [-0.39, 0.29) is 12.2 Å². The number of hydrogen-bond acceptors (Lipinski definition) is 5. The lowest BCUT2D eigenvalue weighted by atomic mass is 10.2. The summed E-state index contributed by atoms with van der Waals surface area (Å²) in [6, 6.07) is 17.6. The van der Waals surface area contributed by atoms with Crippen LogP contribution >= 0.6 is 0 Å². The third kappa shape index (κ3) is 5.26. The van der Waals surface area contributed by atoms with Crippen LogP contribution in [0, 0.1) is 0 Å². The third-order valence-electron chi connectivity index (χ3n) is 4.24. The monoisotopic (exact) mass is 406 g/mol. The van der Waals surface area contributed by atoms with E-state index in [1.807, 2.05) is 37.2 Å². The molecule has 0 bridgehead atoms. The quantitative estimate of drug-likeness (QED) is 0.443. The minimum absolute atomic E-state index is 0.171. The second-order valence-electron chi connectivity index (χ2n) is 6.63. The summed E-state index contributed by atoms with van der Waals surface area (Å²) < 4.78 is 7.27. The molecule has 3 rings (SSSR count). The predicted molar refractivity (Wildman–Crippen MR) is 115 cm³/mol. The van der Waals surface area contributed by atoms with Gasteiger partial charge in [-0.2, -0.15) is 5.10 Å². The zero-order valence-corrected chi connectivity index (χ0v) is 16.6. The topological polar surface area (TPSA) is 96.2 Å². The molecule has 0 saturated carbocycles. The van der Waals surface area contributed by atoms with Gasteiger partial charge in [0.15, 0.2) is 6.61 Å². The van der Waals surface area contributed by atoms with E-state index in [1.54, 1.807) is 47.2 Å². The number of aromatic nitrogens is 1. The van der Waals surface area contributed by atoms with Crippen molar-refractivity contribution in [1.29, 1.82) is 0 Å². The van der Waals surface area contributed by atoms with Gasteiger partial charge in [-0.3, -0.25) is 4.79 Å². The number of hydrazone groups is 1. The molecule has 0 aliphatic heterocycles. The first-order chi connectivity index (χ1) is 14.4. The molecule has 30 heavy (non-hydrogen) atoms. The van der Waals surface area contributed by atoms with Crippen molar-refractivity contribution in [2.24, 2.45) is 5.10 Å². The first kappa shape index (κ1) is 20.7. The number of ether oxygens (including phenoxy) is 1. The Kier molecular flexibility index (Phi) is 6.49. The molecule has 0 aliphatic rings. The molecular formula is C22H22N4O4. The van der Waals surface area contributed by atoms with Crippen LogP contribution in [-0.4, -0.2) is 48.5 Å². The molecule has 8 nitrogen and oxygen atoms in total. The van der Waals surface area contributed by atoms with Crippen molar-refractivity contribution in [3.05, 3.63) is 78.1 Å². The van der Waals surface area contributed by atoms with Gasteiger partial charge >= 0.3 is 5.97 Å². The second kappa shape index (κ2) is 9.42. The van der Waals surface area contributed by atoms with E-state index >= 15 is 0 Å². The molecule has 1 heterocycles. The van der Waals surface area contributed by atoms with Crippen LogP contribution in [0.3, 0.4) is 0 Å².